The van der Waals surface area contributed by atoms with Crippen molar-refractivity contribution in [1.82, 2.24) is 0 Å². The summed E-state index contributed by atoms with van der Waals surface area (Å²) in [5.74, 6) is -0.142. The Hall–Kier alpha value is -2.66. The van der Waals surface area contributed by atoms with Crippen molar-refractivity contribution in [2.75, 3.05) is 23.8 Å². The molecule has 2 N–H and O–H groups in total. The second-order valence-electron chi connectivity index (χ2n) is 5.73. The molecule has 0 spiro atoms. The Labute approximate surface area is 142 Å². The molecule has 0 heterocycles. The van der Waals surface area contributed by atoms with Gasteiger partial charge in [0.25, 0.3) is 0 Å². The van der Waals surface area contributed by atoms with Crippen LogP contribution in [0.15, 0.2) is 54.6 Å². The lowest BCUT2D eigenvalue weighted by Gasteiger charge is -2.09. The van der Waals surface area contributed by atoms with Crippen molar-refractivity contribution in [3.63, 3.8) is 0 Å². The van der Waals surface area contributed by atoms with Crippen molar-refractivity contribution >= 4 is 23.2 Å². The van der Waals surface area contributed by atoms with Crippen molar-refractivity contribution < 1.29 is 14.3 Å². The summed E-state index contributed by atoms with van der Waals surface area (Å²) < 4.78 is 5.14. The third kappa shape index (κ3) is 5.85. The minimum absolute atomic E-state index is 0.172. The molecular weight excluding hydrogens is 304 g/mol. The summed E-state index contributed by atoms with van der Waals surface area (Å²) in [7, 11) is 0. The molecule has 126 valence electrons. The first-order valence-corrected chi connectivity index (χ1v) is 7.87. The second kappa shape index (κ2) is 8.84. The average Bonchev–Trinajstić information content (AvgIpc) is 2.56. The van der Waals surface area contributed by atoms with Gasteiger partial charge in [-0.15, -0.1) is 0 Å². The van der Waals surface area contributed by atoms with E-state index in [0.29, 0.717) is 17.3 Å². The number of ether oxygens (including phenoxy) is 1. The summed E-state index contributed by atoms with van der Waals surface area (Å²) in [5.41, 5.74) is 2.62. The molecule has 0 radical (unpaired) electrons. The highest BCUT2D eigenvalue weighted by Gasteiger charge is 2.07. The smallest absolute Gasteiger partial charge is 0.250 e. The van der Waals surface area contributed by atoms with Crippen molar-refractivity contribution in [3.8, 4) is 0 Å². The summed E-state index contributed by atoms with van der Waals surface area (Å²) in [6.45, 7) is 3.88. The highest BCUT2D eigenvalue weighted by atomic mass is 16.5. The zero-order valence-corrected chi connectivity index (χ0v) is 13.9. The Morgan fingerprint density at radius 3 is 1.83 bits per heavy atom. The molecule has 5 heteroatoms. The topological polar surface area (TPSA) is 67.4 Å². The molecule has 2 rings (SSSR count). The highest BCUT2D eigenvalue weighted by Crippen LogP contribution is 2.17. The quantitative estimate of drug-likeness (QED) is 0.819. The number of carbonyl (C=O) groups excluding carboxylic acids is 2. The molecule has 24 heavy (non-hydrogen) atoms. The Morgan fingerprint density at radius 2 is 1.33 bits per heavy atom. The van der Waals surface area contributed by atoms with E-state index in [4.69, 9.17) is 4.74 Å². The zero-order valence-electron chi connectivity index (χ0n) is 13.9. The van der Waals surface area contributed by atoms with Gasteiger partial charge < -0.3 is 15.4 Å². The third-order valence-electron chi connectivity index (χ3n) is 3.38. The van der Waals surface area contributed by atoms with E-state index in [0.717, 1.165) is 0 Å². The highest BCUT2D eigenvalue weighted by molar-refractivity contribution is 5.93. The monoisotopic (exact) mass is 326 g/mol. The van der Waals surface area contributed by atoms with Gasteiger partial charge in [0.15, 0.2) is 0 Å². The van der Waals surface area contributed by atoms with Crippen LogP contribution >= 0.6 is 0 Å². The lowest BCUT2D eigenvalue weighted by atomic mass is 10.0. The van der Waals surface area contributed by atoms with Crippen molar-refractivity contribution in [2.24, 2.45) is 0 Å². The third-order valence-corrected chi connectivity index (χ3v) is 3.38. The molecule has 0 aromatic heterocycles. The van der Waals surface area contributed by atoms with Crippen LogP contribution in [0.25, 0.3) is 0 Å². The molecule has 2 aromatic carbocycles. The van der Waals surface area contributed by atoms with Gasteiger partial charge in [0.1, 0.15) is 13.2 Å². The Balaban J connectivity index is 1.70. The summed E-state index contributed by atoms with van der Waals surface area (Å²) in [5, 5.41) is 5.42. The summed E-state index contributed by atoms with van der Waals surface area (Å²) in [4.78, 5) is 23.5. The van der Waals surface area contributed by atoms with Gasteiger partial charge in [-0.3, -0.25) is 9.59 Å². The zero-order chi connectivity index (χ0) is 17.4. The van der Waals surface area contributed by atoms with Crippen LogP contribution < -0.4 is 10.6 Å². The first kappa shape index (κ1) is 17.7. The van der Waals surface area contributed by atoms with Crippen molar-refractivity contribution in [2.45, 2.75) is 19.8 Å². The van der Waals surface area contributed by atoms with Crippen LogP contribution in [-0.2, 0) is 14.3 Å². The minimum Gasteiger partial charge on any atom is -0.362 e. The normalized spacial score (nSPS) is 10.5. The second-order valence-corrected chi connectivity index (χ2v) is 5.73. The summed E-state index contributed by atoms with van der Waals surface area (Å²) >= 11 is 0. The molecule has 0 aliphatic heterocycles. The number of amides is 2. The largest absolute Gasteiger partial charge is 0.362 e. The molecule has 0 bridgehead atoms. The maximum Gasteiger partial charge on any atom is 0.250 e. The molecule has 2 amide bonds. The molecule has 0 aliphatic carbocycles. The van der Waals surface area contributed by atoms with Crippen LogP contribution in [0.3, 0.4) is 0 Å². The molecule has 5 nitrogen and oxygen atoms in total. The van der Waals surface area contributed by atoms with Crippen LogP contribution in [0.1, 0.15) is 25.3 Å². The van der Waals surface area contributed by atoms with E-state index in [-0.39, 0.29) is 25.0 Å². The molecule has 0 fully saturated rings. The molecule has 0 atom stereocenters. The van der Waals surface area contributed by atoms with E-state index >= 15 is 0 Å². The van der Waals surface area contributed by atoms with E-state index in [1.807, 2.05) is 42.5 Å². The number of carbonyl (C=O) groups is 2. The predicted octanol–water partition coefficient (Wildman–Crippen LogP) is 3.40. The van der Waals surface area contributed by atoms with Crippen molar-refractivity contribution in [1.29, 1.82) is 0 Å². The molecule has 2 aromatic rings. The molecule has 0 aliphatic rings. The lowest BCUT2D eigenvalue weighted by molar-refractivity contribution is -0.125. The van der Waals surface area contributed by atoms with Gasteiger partial charge in [-0.25, -0.2) is 0 Å². The Morgan fingerprint density at radius 1 is 0.833 bits per heavy atom. The SMILES string of the molecule is CC(C)c1ccc(NC(=O)COCC(=O)Nc2ccccc2)cc1. The molecule has 0 unspecified atom stereocenters. The fourth-order valence-corrected chi connectivity index (χ4v) is 2.10. The number of para-hydroxylation sites is 1. The number of anilines is 2. The van der Waals surface area contributed by atoms with E-state index in [2.05, 4.69) is 24.5 Å². The van der Waals surface area contributed by atoms with Gasteiger partial charge in [0.05, 0.1) is 0 Å². The van der Waals surface area contributed by atoms with Gasteiger partial charge in [0, 0.05) is 11.4 Å². The number of rotatable bonds is 7. The maximum atomic E-state index is 11.8. The maximum absolute atomic E-state index is 11.8. The van der Waals surface area contributed by atoms with Crippen LogP contribution in [0, 0.1) is 0 Å². The van der Waals surface area contributed by atoms with E-state index in [1.165, 1.54) is 5.56 Å². The fourth-order valence-electron chi connectivity index (χ4n) is 2.10. The minimum atomic E-state index is -0.296. The first-order valence-electron chi connectivity index (χ1n) is 7.87. The van der Waals surface area contributed by atoms with Gasteiger partial charge in [-0.1, -0.05) is 44.2 Å². The van der Waals surface area contributed by atoms with Gasteiger partial charge in [-0.2, -0.15) is 0 Å². The summed E-state index contributed by atoms with van der Waals surface area (Å²) in [6, 6.07) is 16.8. The van der Waals surface area contributed by atoms with Crippen LogP contribution in [0.2, 0.25) is 0 Å². The average molecular weight is 326 g/mol. The number of hydrogen-bond acceptors (Lipinski definition) is 3. The van der Waals surface area contributed by atoms with Crippen LogP contribution in [-0.4, -0.2) is 25.0 Å². The van der Waals surface area contributed by atoms with Gasteiger partial charge in [-0.05, 0) is 35.7 Å². The number of benzene rings is 2. The van der Waals surface area contributed by atoms with Gasteiger partial charge >= 0.3 is 0 Å². The standard InChI is InChI=1S/C19H22N2O3/c1-14(2)15-8-10-17(11-9-15)21-19(23)13-24-12-18(22)20-16-6-4-3-5-7-16/h3-11,14H,12-13H2,1-2H3,(H,20,22)(H,21,23). The molecule has 0 saturated carbocycles. The fraction of sp³-hybridized carbons (Fsp3) is 0.263. The first-order chi connectivity index (χ1) is 11.5. The van der Waals surface area contributed by atoms with Crippen molar-refractivity contribution in [3.05, 3.63) is 60.2 Å². The van der Waals surface area contributed by atoms with E-state index < -0.39 is 0 Å². The lowest BCUT2D eigenvalue weighted by Crippen LogP contribution is -2.23. The van der Waals surface area contributed by atoms with Crippen LogP contribution in [0.4, 0.5) is 11.4 Å². The summed E-state index contributed by atoms with van der Waals surface area (Å²) in [6.07, 6.45) is 0. The number of hydrogen-bond donors (Lipinski definition) is 2. The van der Waals surface area contributed by atoms with E-state index in [1.54, 1.807) is 12.1 Å². The number of nitrogens with one attached hydrogen (secondary N) is 2. The molecular formula is C19H22N2O3. The molecule has 0 saturated heterocycles. The van der Waals surface area contributed by atoms with Gasteiger partial charge in [0.2, 0.25) is 11.8 Å². The van der Waals surface area contributed by atoms with Crippen LogP contribution in [0.5, 0.6) is 0 Å². The predicted molar refractivity (Wildman–Crippen MR) is 95.1 cm³/mol. The Bertz CT molecular complexity index is 667. The Kier molecular flexibility index (Phi) is 6.51. The van der Waals surface area contributed by atoms with E-state index in [9.17, 15) is 9.59 Å².